The summed E-state index contributed by atoms with van der Waals surface area (Å²) in [6.45, 7) is 4.07. The number of aromatic nitrogens is 1. The number of nitrogen functional groups attached to an aromatic ring is 1. The summed E-state index contributed by atoms with van der Waals surface area (Å²) in [4.78, 5) is 16.0. The standard InChI is InChI=1S/C15H17N3OS/c1-10-3-5-13(7-11(10)2)18-14(19)9-20-15-6-4-12(16)8-17-15/h3-8H,9,16H2,1-2H3,(H,18,19). The molecule has 0 aliphatic rings. The van der Waals surface area contributed by atoms with Crippen molar-refractivity contribution in [3.8, 4) is 0 Å². The first kappa shape index (κ1) is 14.4. The van der Waals surface area contributed by atoms with E-state index < -0.39 is 0 Å². The average Bonchev–Trinajstić information content (AvgIpc) is 2.42. The number of nitrogens with one attached hydrogen (secondary N) is 1. The SMILES string of the molecule is Cc1ccc(NC(=O)CSc2ccc(N)cn2)cc1C. The van der Waals surface area contributed by atoms with Crippen LogP contribution in [0.25, 0.3) is 0 Å². The van der Waals surface area contributed by atoms with Gasteiger partial charge in [-0.1, -0.05) is 17.8 Å². The van der Waals surface area contributed by atoms with Crippen LogP contribution in [0.4, 0.5) is 11.4 Å². The molecule has 5 heteroatoms. The molecule has 0 aliphatic carbocycles. The van der Waals surface area contributed by atoms with Crippen LogP contribution in [0.5, 0.6) is 0 Å². The van der Waals surface area contributed by atoms with E-state index in [0.29, 0.717) is 11.4 Å². The van der Waals surface area contributed by atoms with Crippen LogP contribution < -0.4 is 11.1 Å². The van der Waals surface area contributed by atoms with Gasteiger partial charge in [0.25, 0.3) is 0 Å². The number of aryl methyl sites for hydroxylation is 2. The molecule has 0 radical (unpaired) electrons. The Kier molecular flexibility index (Phi) is 4.63. The van der Waals surface area contributed by atoms with Crippen molar-refractivity contribution in [1.29, 1.82) is 0 Å². The number of anilines is 2. The lowest BCUT2D eigenvalue weighted by Crippen LogP contribution is -2.14. The third kappa shape index (κ3) is 3.99. The zero-order chi connectivity index (χ0) is 14.5. The number of rotatable bonds is 4. The van der Waals surface area contributed by atoms with Gasteiger partial charge in [0.15, 0.2) is 0 Å². The molecule has 4 nitrogen and oxygen atoms in total. The highest BCUT2D eigenvalue weighted by Gasteiger charge is 2.05. The summed E-state index contributed by atoms with van der Waals surface area (Å²) < 4.78 is 0. The first-order valence-corrected chi connectivity index (χ1v) is 7.24. The summed E-state index contributed by atoms with van der Waals surface area (Å²) in [6, 6.07) is 9.46. The molecule has 1 aromatic heterocycles. The normalized spacial score (nSPS) is 10.3. The molecule has 0 spiro atoms. The molecule has 104 valence electrons. The first-order valence-electron chi connectivity index (χ1n) is 6.26. The van der Waals surface area contributed by atoms with Gasteiger partial charge in [0.1, 0.15) is 0 Å². The summed E-state index contributed by atoms with van der Waals surface area (Å²) in [7, 11) is 0. The van der Waals surface area contributed by atoms with E-state index in [1.165, 1.54) is 17.3 Å². The van der Waals surface area contributed by atoms with E-state index >= 15 is 0 Å². The fourth-order valence-electron chi connectivity index (χ4n) is 1.63. The van der Waals surface area contributed by atoms with E-state index in [2.05, 4.69) is 10.3 Å². The maximum absolute atomic E-state index is 11.9. The molecule has 2 rings (SSSR count). The van der Waals surface area contributed by atoms with Gasteiger partial charge < -0.3 is 11.1 Å². The Morgan fingerprint density at radius 2 is 2.05 bits per heavy atom. The number of amides is 1. The highest BCUT2D eigenvalue weighted by atomic mass is 32.2. The molecule has 0 saturated heterocycles. The number of carbonyl (C=O) groups excluding carboxylic acids is 1. The van der Waals surface area contributed by atoms with Crippen LogP contribution in [0.3, 0.4) is 0 Å². The highest BCUT2D eigenvalue weighted by Crippen LogP contribution is 2.18. The number of hydrogen-bond donors (Lipinski definition) is 2. The van der Waals surface area contributed by atoms with Crippen molar-refractivity contribution in [2.24, 2.45) is 0 Å². The number of nitrogens with zero attached hydrogens (tertiary/aromatic N) is 1. The Morgan fingerprint density at radius 1 is 1.25 bits per heavy atom. The van der Waals surface area contributed by atoms with Crippen LogP contribution in [-0.2, 0) is 4.79 Å². The van der Waals surface area contributed by atoms with Crippen molar-refractivity contribution in [2.45, 2.75) is 18.9 Å². The van der Waals surface area contributed by atoms with E-state index in [1.54, 1.807) is 12.3 Å². The van der Waals surface area contributed by atoms with Gasteiger partial charge in [-0.2, -0.15) is 0 Å². The lowest BCUT2D eigenvalue weighted by Gasteiger charge is -2.07. The Morgan fingerprint density at radius 3 is 2.70 bits per heavy atom. The minimum atomic E-state index is -0.0446. The zero-order valence-corrected chi connectivity index (χ0v) is 12.3. The second-order valence-electron chi connectivity index (χ2n) is 4.57. The molecular formula is C15H17N3OS. The van der Waals surface area contributed by atoms with Crippen LogP contribution in [0.15, 0.2) is 41.6 Å². The molecule has 0 aliphatic heterocycles. The predicted molar refractivity (Wildman–Crippen MR) is 83.9 cm³/mol. The summed E-state index contributed by atoms with van der Waals surface area (Å²) in [5.74, 6) is 0.279. The maximum Gasteiger partial charge on any atom is 0.234 e. The Labute approximate surface area is 122 Å². The molecule has 0 atom stereocenters. The maximum atomic E-state index is 11.9. The van der Waals surface area contributed by atoms with Crippen LogP contribution >= 0.6 is 11.8 Å². The van der Waals surface area contributed by atoms with Crippen molar-refractivity contribution >= 4 is 29.0 Å². The van der Waals surface area contributed by atoms with Crippen LogP contribution in [0.1, 0.15) is 11.1 Å². The number of carbonyl (C=O) groups is 1. The number of hydrogen-bond acceptors (Lipinski definition) is 4. The van der Waals surface area contributed by atoms with Gasteiger partial charge in [0.2, 0.25) is 5.91 Å². The average molecular weight is 287 g/mol. The minimum absolute atomic E-state index is 0.0446. The fourth-order valence-corrected chi connectivity index (χ4v) is 2.28. The predicted octanol–water partition coefficient (Wildman–Crippen LogP) is 3.01. The monoisotopic (exact) mass is 287 g/mol. The number of nitrogens with two attached hydrogens (primary N) is 1. The van der Waals surface area contributed by atoms with Crippen molar-refractivity contribution in [1.82, 2.24) is 4.98 Å². The van der Waals surface area contributed by atoms with Crippen molar-refractivity contribution < 1.29 is 4.79 Å². The largest absolute Gasteiger partial charge is 0.397 e. The smallest absolute Gasteiger partial charge is 0.234 e. The molecule has 3 N–H and O–H groups in total. The Bertz CT molecular complexity index is 611. The third-order valence-electron chi connectivity index (χ3n) is 2.90. The van der Waals surface area contributed by atoms with E-state index in [0.717, 1.165) is 16.3 Å². The molecule has 0 fully saturated rings. The van der Waals surface area contributed by atoms with Gasteiger partial charge in [-0.05, 0) is 49.2 Å². The Hall–Kier alpha value is -2.01. The van der Waals surface area contributed by atoms with Crippen molar-refractivity contribution in [3.63, 3.8) is 0 Å². The molecule has 1 heterocycles. The molecule has 2 aromatic rings. The van der Waals surface area contributed by atoms with Gasteiger partial charge >= 0.3 is 0 Å². The van der Waals surface area contributed by atoms with Crippen molar-refractivity contribution in [2.75, 3.05) is 16.8 Å². The minimum Gasteiger partial charge on any atom is -0.397 e. The van der Waals surface area contributed by atoms with Crippen molar-refractivity contribution in [3.05, 3.63) is 47.7 Å². The fraction of sp³-hybridized carbons (Fsp3) is 0.200. The second-order valence-corrected chi connectivity index (χ2v) is 5.56. The van der Waals surface area contributed by atoms with Gasteiger partial charge in [0, 0.05) is 5.69 Å². The second kappa shape index (κ2) is 6.43. The summed E-state index contributed by atoms with van der Waals surface area (Å²) in [5, 5.41) is 3.67. The quantitative estimate of drug-likeness (QED) is 0.848. The molecular weight excluding hydrogens is 270 g/mol. The first-order chi connectivity index (χ1) is 9.54. The molecule has 20 heavy (non-hydrogen) atoms. The van der Waals surface area contributed by atoms with Crippen LogP contribution in [0.2, 0.25) is 0 Å². The number of benzene rings is 1. The van der Waals surface area contributed by atoms with Gasteiger partial charge in [0.05, 0.1) is 22.7 Å². The third-order valence-corrected chi connectivity index (χ3v) is 3.84. The Balaban J connectivity index is 1.89. The lowest BCUT2D eigenvalue weighted by molar-refractivity contribution is -0.113. The van der Waals surface area contributed by atoms with Gasteiger partial charge in [-0.25, -0.2) is 4.98 Å². The van der Waals surface area contributed by atoms with Gasteiger partial charge in [-0.15, -0.1) is 0 Å². The zero-order valence-electron chi connectivity index (χ0n) is 11.5. The number of thioether (sulfide) groups is 1. The molecule has 1 amide bonds. The molecule has 0 bridgehead atoms. The molecule has 0 unspecified atom stereocenters. The summed E-state index contributed by atoms with van der Waals surface area (Å²) in [6.07, 6.45) is 1.59. The van der Waals surface area contributed by atoms with E-state index in [-0.39, 0.29) is 5.91 Å². The van der Waals surface area contributed by atoms with E-state index in [4.69, 9.17) is 5.73 Å². The molecule has 0 saturated carbocycles. The number of pyridine rings is 1. The summed E-state index contributed by atoms with van der Waals surface area (Å²) in [5.41, 5.74) is 9.38. The van der Waals surface area contributed by atoms with Gasteiger partial charge in [-0.3, -0.25) is 4.79 Å². The van der Waals surface area contributed by atoms with Crippen LogP contribution in [-0.4, -0.2) is 16.6 Å². The van der Waals surface area contributed by atoms with E-state index in [1.807, 2.05) is 38.1 Å². The summed E-state index contributed by atoms with van der Waals surface area (Å²) >= 11 is 1.39. The topological polar surface area (TPSA) is 68.0 Å². The van der Waals surface area contributed by atoms with E-state index in [9.17, 15) is 4.79 Å². The highest BCUT2D eigenvalue weighted by molar-refractivity contribution is 7.99. The molecule has 1 aromatic carbocycles. The lowest BCUT2D eigenvalue weighted by atomic mass is 10.1. The van der Waals surface area contributed by atoms with Crippen LogP contribution in [0, 0.1) is 13.8 Å².